The number of aryl methyl sites for hydroxylation is 1. The first-order chi connectivity index (χ1) is 14.5. The van der Waals surface area contributed by atoms with Gasteiger partial charge >= 0.3 is 0 Å². The van der Waals surface area contributed by atoms with Crippen LogP contribution in [0.25, 0.3) is 0 Å². The van der Waals surface area contributed by atoms with Crippen LogP contribution in [0.4, 0.5) is 5.69 Å². The van der Waals surface area contributed by atoms with E-state index in [4.69, 9.17) is 0 Å². The molecule has 0 fully saturated rings. The molecule has 0 radical (unpaired) electrons. The summed E-state index contributed by atoms with van der Waals surface area (Å²) in [7, 11) is 0. The van der Waals surface area contributed by atoms with E-state index in [1.165, 1.54) is 0 Å². The van der Waals surface area contributed by atoms with E-state index < -0.39 is 0 Å². The molecule has 0 bridgehead atoms. The molecular weight excluding hydrogens is 372 g/mol. The smallest absolute Gasteiger partial charge is 0.255 e. The summed E-state index contributed by atoms with van der Waals surface area (Å²) in [5, 5.41) is 2.94. The molecule has 4 nitrogen and oxygen atoms in total. The van der Waals surface area contributed by atoms with Crippen molar-refractivity contribution in [3.05, 3.63) is 101 Å². The summed E-state index contributed by atoms with van der Waals surface area (Å²) in [6.07, 6.45) is 0.863. The number of carbonyl (C=O) groups is 2. The third kappa shape index (κ3) is 5.15. The lowest BCUT2D eigenvalue weighted by molar-refractivity contribution is 0.0671. The van der Waals surface area contributed by atoms with Crippen molar-refractivity contribution >= 4 is 17.5 Å². The number of hydrogen-bond donors (Lipinski definition) is 1. The van der Waals surface area contributed by atoms with Gasteiger partial charge in [-0.2, -0.15) is 0 Å². The lowest BCUT2D eigenvalue weighted by Crippen LogP contribution is -2.37. The summed E-state index contributed by atoms with van der Waals surface area (Å²) < 4.78 is 0. The van der Waals surface area contributed by atoms with Gasteiger partial charge in [0, 0.05) is 29.4 Å². The first-order valence-electron chi connectivity index (χ1n) is 10.3. The largest absolute Gasteiger partial charge is 0.332 e. The minimum atomic E-state index is -0.189. The molecule has 0 aliphatic carbocycles. The highest BCUT2D eigenvalue weighted by atomic mass is 16.2. The van der Waals surface area contributed by atoms with Crippen LogP contribution in [0.1, 0.15) is 52.1 Å². The molecule has 1 unspecified atom stereocenters. The maximum Gasteiger partial charge on any atom is 0.255 e. The predicted molar refractivity (Wildman–Crippen MR) is 122 cm³/mol. The maximum absolute atomic E-state index is 13.4. The lowest BCUT2D eigenvalue weighted by atomic mass is 10.1. The standard InChI is InChI=1S/C26H28N2O2/c1-4-20(3)28(18-21-11-7-5-8-12-21)26(30)23-16-15-19(2)24(17-23)27-25(29)22-13-9-6-10-14-22/h5-17,20H,4,18H2,1-3H3,(H,27,29). The van der Waals surface area contributed by atoms with Gasteiger partial charge < -0.3 is 10.2 Å². The van der Waals surface area contributed by atoms with E-state index in [2.05, 4.69) is 19.2 Å². The Kier molecular flexibility index (Phi) is 7.02. The quantitative estimate of drug-likeness (QED) is 0.554. The Morgan fingerprint density at radius 3 is 2.17 bits per heavy atom. The number of carbonyl (C=O) groups excluding carboxylic acids is 2. The summed E-state index contributed by atoms with van der Waals surface area (Å²) in [6, 6.07) is 24.7. The van der Waals surface area contributed by atoms with Crippen molar-refractivity contribution in [3.63, 3.8) is 0 Å². The Balaban J connectivity index is 1.85. The molecule has 0 saturated heterocycles. The third-order valence-electron chi connectivity index (χ3n) is 5.35. The zero-order valence-electron chi connectivity index (χ0n) is 17.8. The molecule has 3 aromatic rings. The van der Waals surface area contributed by atoms with Crippen molar-refractivity contribution < 1.29 is 9.59 Å². The zero-order chi connectivity index (χ0) is 21.5. The molecule has 3 aromatic carbocycles. The van der Waals surface area contributed by atoms with Gasteiger partial charge in [-0.15, -0.1) is 0 Å². The zero-order valence-corrected chi connectivity index (χ0v) is 17.8. The van der Waals surface area contributed by atoms with Gasteiger partial charge in [0.05, 0.1) is 0 Å². The van der Waals surface area contributed by atoms with E-state index >= 15 is 0 Å². The van der Waals surface area contributed by atoms with Crippen LogP contribution in [0.2, 0.25) is 0 Å². The Bertz CT molecular complexity index is 1000. The summed E-state index contributed by atoms with van der Waals surface area (Å²) >= 11 is 0. The Morgan fingerprint density at radius 2 is 1.53 bits per heavy atom. The second-order valence-corrected chi connectivity index (χ2v) is 7.53. The fourth-order valence-corrected chi connectivity index (χ4v) is 3.27. The average Bonchev–Trinajstić information content (AvgIpc) is 2.79. The van der Waals surface area contributed by atoms with Crippen molar-refractivity contribution in [1.82, 2.24) is 4.90 Å². The maximum atomic E-state index is 13.4. The molecule has 0 aliphatic heterocycles. The number of benzene rings is 3. The Morgan fingerprint density at radius 1 is 0.900 bits per heavy atom. The number of anilines is 1. The van der Waals surface area contributed by atoms with Crippen LogP contribution in [0.15, 0.2) is 78.9 Å². The predicted octanol–water partition coefficient (Wildman–Crippen LogP) is 5.69. The second-order valence-electron chi connectivity index (χ2n) is 7.53. The molecule has 0 aromatic heterocycles. The highest BCUT2D eigenvalue weighted by molar-refractivity contribution is 6.05. The van der Waals surface area contributed by atoms with Gasteiger partial charge in [-0.05, 0) is 55.7 Å². The number of nitrogens with one attached hydrogen (secondary N) is 1. The number of rotatable bonds is 7. The van der Waals surface area contributed by atoms with Crippen LogP contribution in [-0.2, 0) is 6.54 Å². The van der Waals surface area contributed by atoms with Crippen LogP contribution in [0.5, 0.6) is 0 Å². The minimum Gasteiger partial charge on any atom is -0.332 e. The topological polar surface area (TPSA) is 49.4 Å². The molecular formula is C26H28N2O2. The monoisotopic (exact) mass is 400 g/mol. The van der Waals surface area contributed by atoms with Crippen molar-refractivity contribution in [2.75, 3.05) is 5.32 Å². The highest BCUT2D eigenvalue weighted by Gasteiger charge is 2.22. The van der Waals surface area contributed by atoms with E-state index in [1.54, 1.807) is 18.2 Å². The van der Waals surface area contributed by atoms with Gasteiger partial charge in [0.1, 0.15) is 0 Å². The van der Waals surface area contributed by atoms with Crippen molar-refractivity contribution in [1.29, 1.82) is 0 Å². The van der Waals surface area contributed by atoms with Crippen LogP contribution in [0, 0.1) is 6.92 Å². The molecule has 3 rings (SSSR count). The van der Waals surface area contributed by atoms with Crippen LogP contribution in [0.3, 0.4) is 0 Å². The second kappa shape index (κ2) is 9.88. The minimum absolute atomic E-state index is 0.0385. The molecule has 4 heteroatoms. The van der Waals surface area contributed by atoms with Gasteiger partial charge in [-0.1, -0.05) is 61.5 Å². The summed E-state index contributed by atoms with van der Waals surface area (Å²) in [5.74, 6) is -0.227. The van der Waals surface area contributed by atoms with E-state index in [0.717, 1.165) is 17.5 Å². The first kappa shape index (κ1) is 21.3. The molecule has 30 heavy (non-hydrogen) atoms. The van der Waals surface area contributed by atoms with Gasteiger partial charge in [-0.3, -0.25) is 9.59 Å². The third-order valence-corrected chi connectivity index (χ3v) is 5.35. The number of nitrogens with zero attached hydrogens (tertiary/aromatic N) is 1. The fraction of sp³-hybridized carbons (Fsp3) is 0.231. The SMILES string of the molecule is CCC(C)N(Cc1ccccc1)C(=O)c1ccc(C)c(NC(=O)c2ccccc2)c1. The van der Waals surface area contributed by atoms with Crippen molar-refractivity contribution in [3.8, 4) is 0 Å². The van der Waals surface area contributed by atoms with Gasteiger partial charge in [0.25, 0.3) is 11.8 Å². The van der Waals surface area contributed by atoms with Gasteiger partial charge in [0.2, 0.25) is 0 Å². The highest BCUT2D eigenvalue weighted by Crippen LogP contribution is 2.21. The van der Waals surface area contributed by atoms with E-state index in [-0.39, 0.29) is 17.9 Å². The molecule has 0 aliphatic rings. The first-order valence-corrected chi connectivity index (χ1v) is 10.3. The van der Waals surface area contributed by atoms with Crippen molar-refractivity contribution in [2.45, 2.75) is 39.8 Å². The van der Waals surface area contributed by atoms with Gasteiger partial charge in [-0.25, -0.2) is 0 Å². The summed E-state index contributed by atoms with van der Waals surface area (Å²) in [4.78, 5) is 27.8. The van der Waals surface area contributed by atoms with Crippen LogP contribution >= 0.6 is 0 Å². The van der Waals surface area contributed by atoms with E-state index in [0.29, 0.717) is 23.4 Å². The molecule has 1 atom stereocenters. The van der Waals surface area contributed by atoms with Crippen LogP contribution < -0.4 is 5.32 Å². The van der Waals surface area contributed by atoms with Gasteiger partial charge in [0.15, 0.2) is 0 Å². The molecule has 0 saturated carbocycles. The lowest BCUT2D eigenvalue weighted by Gasteiger charge is -2.29. The number of hydrogen-bond acceptors (Lipinski definition) is 2. The molecule has 154 valence electrons. The Labute approximate surface area is 178 Å². The molecule has 0 spiro atoms. The molecule has 0 heterocycles. The van der Waals surface area contributed by atoms with Crippen molar-refractivity contribution in [2.24, 2.45) is 0 Å². The summed E-state index contributed by atoms with van der Waals surface area (Å²) in [5.41, 5.74) is 3.81. The Hall–Kier alpha value is -3.40. The fourth-order valence-electron chi connectivity index (χ4n) is 3.27. The normalized spacial score (nSPS) is 11.6. The number of amides is 2. The van der Waals surface area contributed by atoms with Crippen LogP contribution in [-0.4, -0.2) is 22.8 Å². The average molecular weight is 401 g/mol. The van der Waals surface area contributed by atoms with E-state index in [1.807, 2.05) is 72.5 Å². The van der Waals surface area contributed by atoms with E-state index in [9.17, 15) is 9.59 Å². The summed E-state index contributed by atoms with van der Waals surface area (Å²) in [6.45, 7) is 6.61. The molecule has 2 amide bonds. The molecule has 1 N–H and O–H groups in total.